The normalized spacial score (nSPS) is 14.6. The van der Waals surface area contributed by atoms with Crippen molar-refractivity contribution in [3.05, 3.63) is 71.9 Å². The van der Waals surface area contributed by atoms with Crippen LogP contribution in [0.5, 0.6) is 5.75 Å². The maximum absolute atomic E-state index is 14.2. The minimum absolute atomic E-state index is 0.212. The number of rotatable bonds is 5. The number of nitrogens with zero attached hydrogens (tertiary/aromatic N) is 4. The second-order valence-corrected chi connectivity index (χ2v) is 10.9. The summed E-state index contributed by atoms with van der Waals surface area (Å²) in [6.07, 6.45) is 0. The molecular weight excluding hydrogens is 500 g/mol. The van der Waals surface area contributed by atoms with E-state index in [9.17, 15) is 13.6 Å². The van der Waals surface area contributed by atoms with Gasteiger partial charge in [0.05, 0.1) is 18.3 Å². The number of carbonyl (C=O) groups is 1. The van der Waals surface area contributed by atoms with E-state index in [0.717, 1.165) is 37.9 Å². The van der Waals surface area contributed by atoms with Crippen molar-refractivity contribution in [2.45, 2.75) is 26.3 Å². The highest BCUT2D eigenvalue weighted by atomic mass is 19.1. The van der Waals surface area contributed by atoms with Crippen LogP contribution in [0.3, 0.4) is 0 Å². The third-order valence-corrected chi connectivity index (χ3v) is 7.11. The minimum Gasteiger partial charge on any atom is -0.494 e. The Balaban J connectivity index is 1.55. The molecule has 0 spiro atoms. The zero-order valence-corrected chi connectivity index (χ0v) is 22.9. The first-order valence-corrected chi connectivity index (χ1v) is 13.0. The van der Waals surface area contributed by atoms with Crippen LogP contribution < -0.4 is 14.5 Å². The number of H-pyrrole nitrogens is 1. The molecule has 0 unspecified atom stereocenters. The van der Waals surface area contributed by atoms with E-state index in [2.05, 4.69) is 27.0 Å². The van der Waals surface area contributed by atoms with Crippen LogP contribution in [-0.4, -0.2) is 66.9 Å². The molecular formula is C30H33F2N5O2. The number of halogens is 2. The van der Waals surface area contributed by atoms with Crippen LogP contribution in [0.4, 0.5) is 20.2 Å². The van der Waals surface area contributed by atoms with Crippen LogP contribution in [0.25, 0.3) is 22.0 Å². The SMILES string of the molecule is COc1cc(N2CCN(C)CC2)ccc1N(C(=O)c1n[nH]c2ccc(-c3cc(F)cc(F)c3)cc12)C(C)(C)C. The third kappa shape index (κ3) is 5.31. The molecule has 0 aliphatic carbocycles. The lowest BCUT2D eigenvalue weighted by molar-refractivity contribution is 0.0961. The number of fused-ring (bicyclic) bond motifs is 1. The Labute approximate surface area is 227 Å². The Morgan fingerprint density at radius 2 is 1.64 bits per heavy atom. The number of anilines is 2. The van der Waals surface area contributed by atoms with E-state index in [0.29, 0.717) is 33.5 Å². The maximum Gasteiger partial charge on any atom is 0.280 e. The number of carbonyl (C=O) groups excluding carboxylic acids is 1. The van der Waals surface area contributed by atoms with Gasteiger partial charge in [-0.15, -0.1) is 0 Å². The largest absolute Gasteiger partial charge is 0.494 e. The molecule has 1 saturated heterocycles. The highest BCUT2D eigenvalue weighted by molar-refractivity contribution is 6.14. The highest BCUT2D eigenvalue weighted by Crippen LogP contribution is 2.38. The lowest BCUT2D eigenvalue weighted by atomic mass is 10.0. The van der Waals surface area contributed by atoms with Crippen molar-refractivity contribution < 1.29 is 18.3 Å². The van der Waals surface area contributed by atoms with Gasteiger partial charge in [-0.05, 0) is 75.3 Å². The first-order chi connectivity index (χ1) is 18.5. The summed E-state index contributed by atoms with van der Waals surface area (Å²) in [6, 6.07) is 14.5. The Hall–Kier alpha value is -3.98. The Kier molecular flexibility index (Phi) is 7.03. The van der Waals surface area contributed by atoms with E-state index >= 15 is 0 Å². The molecule has 1 aliphatic rings. The molecule has 5 rings (SSSR count). The quantitative estimate of drug-likeness (QED) is 0.356. The fourth-order valence-electron chi connectivity index (χ4n) is 5.07. The van der Waals surface area contributed by atoms with Crippen molar-refractivity contribution in [2.24, 2.45) is 0 Å². The molecule has 1 aromatic heterocycles. The summed E-state index contributed by atoms with van der Waals surface area (Å²) in [7, 11) is 3.72. The first-order valence-electron chi connectivity index (χ1n) is 13.0. The maximum atomic E-state index is 14.2. The van der Waals surface area contributed by atoms with Crippen LogP contribution in [0.2, 0.25) is 0 Å². The topological polar surface area (TPSA) is 64.7 Å². The average Bonchev–Trinajstić information content (AvgIpc) is 3.31. The van der Waals surface area contributed by atoms with Gasteiger partial charge in [0.25, 0.3) is 5.91 Å². The molecule has 204 valence electrons. The van der Waals surface area contributed by atoms with Gasteiger partial charge in [-0.2, -0.15) is 5.10 Å². The molecule has 0 atom stereocenters. The van der Waals surface area contributed by atoms with Gasteiger partial charge >= 0.3 is 0 Å². The predicted octanol–water partition coefficient (Wildman–Crippen LogP) is 5.71. The van der Waals surface area contributed by atoms with Gasteiger partial charge in [-0.3, -0.25) is 14.8 Å². The second kappa shape index (κ2) is 10.3. The molecule has 1 fully saturated rings. The van der Waals surface area contributed by atoms with Crippen molar-refractivity contribution in [1.82, 2.24) is 15.1 Å². The van der Waals surface area contributed by atoms with Crippen molar-refractivity contribution >= 4 is 28.2 Å². The van der Waals surface area contributed by atoms with E-state index in [1.54, 1.807) is 30.2 Å². The molecule has 9 heteroatoms. The third-order valence-electron chi connectivity index (χ3n) is 7.11. The van der Waals surface area contributed by atoms with Gasteiger partial charge in [-0.1, -0.05) is 6.07 Å². The molecule has 0 saturated carbocycles. The molecule has 0 bridgehead atoms. The average molecular weight is 534 g/mol. The molecule has 7 nitrogen and oxygen atoms in total. The summed E-state index contributed by atoms with van der Waals surface area (Å²) in [6.45, 7) is 9.65. The van der Waals surface area contributed by atoms with Crippen molar-refractivity contribution in [1.29, 1.82) is 0 Å². The van der Waals surface area contributed by atoms with Gasteiger partial charge in [0, 0.05) is 54.9 Å². The minimum atomic E-state index is -0.667. The fourth-order valence-corrected chi connectivity index (χ4v) is 5.07. The summed E-state index contributed by atoms with van der Waals surface area (Å²) in [5.41, 5.74) is 2.87. The number of likely N-dealkylation sites (N-methyl/N-ethyl adjacent to an activating group) is 1. The van der Waals surface area contributed by atoms with Crippen LogP contribution in [0.15, 0.2) is 54.6 Å². The number of methoxy groups -OCH3 is 1. The monoisotopic (exact) mass is 533 g/mol. The number of piperazine rings is 1. The van der Waals surface area contributed by atoms with Gasteiger partial charge in [0.2, 0.25) is 0 Å². The molecule has 39 heavy (non-hydrogen) atoms. The number of aromatic amines is 1. The molecule has 1 amide bonds. The van der Waals surface area contributed by atoms with E-state index < -0.39 is 17.2 Å². The summed E-state index contributed by atoms with van der Waals surface area (Å²) in [5, 5.41) is 7.85. The second-order valence-electron chi connectivity index (χ2n) is 10.9. The van der Waals surface area contributed by atoms with Crippen LogP contribution in [0, 0.1) is 11.6 Å². The van der Waals surface area contributed by atoms with Crippen molar-refractivity contribution in [3.63, 3.8) is 0 Å². The van der Waals surface area contributed by atoms with Gasteiger partial charge in [0.1, 0.15) is 17.4 Å². The molecule has 0 radical (unpaired) electrons. The Morgan fingerprint density at radius 1 is 0.949 bits per heavy atom. The van der Waals surface area contributed by atoms with E-state index in [1.165, 1.54) is 12.1 Å². The summed E-state index contributed by atoms with van der Waals surface area (Å²) in [4.78, 5) is 20.5. The number of benzene rings is 3. The predicted molar refractivity (Wildman–Crippen MR) is 151 cm³/mol. The molecule has 3 aromatic carbocycles. The molecule has 1 N–H and O–H groups in total. The summed E-state index contributed by atoms with van der Waals surface area (Å²) < 4.78 is 33.6. The number of amides is 1. The molecule has 2 heterocycles. The Morgan fingerprint density at radius 3 is 2.28 bits per heavy atom. The fraction of sp³-hybridized carbons (Fsp3) is 0.333. The van der Waals surface area contributed by atoms with E-state index in [1.807, 2.05) is 39.0 Å². The lowest BCUT2D eigenvalue weighted by Crippen LogP contribution is -2.46. The van der Waals surface area contributed by atoms with Gasteiger partial charge < -0.3 is 14.5 Å². The number of nitrogens with one attached hydrogen (secondary N) is 1. The van der Waals surface area contributed by atoms with Crippen molar-refractivity contribution in [2.75, 3.05) is 50.1 Å². The first kappa shape index (κ1) is 26.6. The highest BCUT2D eigenvalue weighted by Gasteiger charge is 2.34. The number of hydrogen-bond acceptors (Lipinski definition) is 5. The van der Waals surface area contributed by atoms with Crippen LogP contribution in [0.1, 0.15) is 31.3 Å². The molecule has 1 aliphatic heterocycles. The smallest absolute Gasteiger partial charge is 0.280 e. The lowest BCUT2D eigenvalue weighted by Gasteiger charge is -2.37. The number of hydrogen-bond donors (Lipinski definition) is 1. The summed E-state index contributed by atoms with van der Waals surface area (Å²) >= 11 is 0. The van der Waals surface area contributed by atoms with Crippen LogP contribution >= 0.6 is 0 Å². The van der Waals surface area contributed by atoms with Crippen LogP contribution in [-0.2, 0) is 0 Å². The van der Waals surface area contributed by atoms with E-state index in [-0.39, 0.29) is 11.6 Å². The number of ether oxygens (including phenoxy) is 1. The summed E-state index contributed by atoms with van der Waals surface area (Å²) in [5.74, 6) is -1.06. The number of aromatic nitrogens is 2. The van der Waals surface area contributed by atoms with Crippen molar-refractivity contribution in [3.8, 4) is 16.9 Å². The van der Waals surface area contributed by atoms with Gasteiger partial charge in [-0.25, -0.2) is 8.78 Å². The molecule has 4 aromatic rings. The zero-order chi connectivity index (χ0) is 27.9. The standard InChI is InChI=1S/C30H33F2N5O2/c1-30(2,3)37(26-9-7-23(18-27(26)39-5)36-12-10-35(4)11-13-36)29(38)28-24-16-19(6-8-25(24)33-34-28)20-14-21(31)17-22(32)15-20/h6-9,14-18H,10-13H2,1-5H3,(H,33,34). The Bertz CT molecular complexity index is 1500. The van der Waals surface area contributed by atoms with E-state index in [4.69, 9.17) is 4.74 Å². The zero-order valence-electron chi connectivity index (χ0n) is 22.9. The van der Waals surface area contributed by atoms with Gasteiger partial charge in [0.15, 0.2) is 5.69 Å².